The van der Waals surface area contributed by atoms with Crippen molar-refractivity contribution in [3.8, 4) is 5.75 Å². The molecule has 1 heterocycles. The molecule has 16 heavy (non-hydrogen) atoms. The summed E-state index contributed by atoms with van der Waals surface area (Å²) in [6.45, 7) is 1.86. The molecule has 2 aromatic rings. The zero-order chi connectivity index (χ0) is 11.8. The average Bonchev–Trinajstić information content (AvgIpc) is 2.17. The summed E-state index contributed by atoms with van der Waals surface area (Å²) in [7, 11) is 0. The summed E-state index contributed by atoms with van der Waals surface area (Å²) in [5.41, 5.74) is 0.127. The molecule has 0 saturated heterocycles. The van der Waals surface area contributed by atoms with E-state index in [-0.39, 0.29) is 5.75 Å². The molecule has 84 valence electrons. The molecule has 0 amide bonds. The van der Waals surface area contributed by atoms with E-state index in [1.165, 1.54) is 0 Å². The second-order valence-corrected chi connectivity index (χ2v) is 9.53. The van der Waals surface area contributed by atoms with Gasteiger partial charge in [0, 0.05) is 5.39 Å². The van der Waals surface area contributed by atoms with E-state index in [1.807, 2.05) is 25.1 Å². The molecule has 0 unspecified atom stereocenters. The Balaban J connectivity index is 2.55. The standard InChI is InChI=1S/C11H8I2O3/c1-11(12,13)16-9-6-7-4-2-3-5-8(7)15-10(9)14/h2-6H,1H3. The minimum atomic E-state index is -0.466. The summed E-state index contributed by atoms with van der Waals surface area (Å²) in [5.74, 6) is 0.241. The highest BCUT2D eigenvalue weighted by Gasteiger charge is 2.19. The van der Waals surface area contributed by atoms with E-state index in [1.54, 1.807) is 12.1 Å². The Labute approximate surface area is 119 Å². The first-order valence-electron chi connectivity index (χ1n) is 4.55. The molecule has 1 aromatic heterocycles. The van der Waals surface area contributed by atoms with E-state index in [0.717, 1.165) is 5.39 Å². The number of ether oxygens (including phenoxy) is 1. The van der Waals surface area contributed by atoms with Gasteiger partial charge in [0.05, 0.1) is 0 Å². The normalized spacial score (nSPS) is 11.7. The molecule has 0 fully saturated rings. The predicted octanol–water partition coefficient (Wildman–Crippen LogP) is 3.72. The Morgan fingerprint density at radius 2 is 2.00 bits per heavy atom. The monoisotopic (exact) mass is 442 g/mol. The predicted molar refractivity (Wildman–Crippen MR) is 79.6 cm³/mol. The highest BCUT2D eigenvalue weighted by Crippen LogP contribution is 2.30. The maximum absolute atomic E-state index is 11.6. The van der Waals surface area contributed by atoms with Crippen molar-refractivity contribution < 1.29 is 9.15 Å². The lowest BCUT2D eigenvalue weighted by atomic mass is 10.2. The maximum atomic E-state index is 11.6. The molecular formula is C11H8I2O3. The summed E-state index contributed by atoms with van der Waals surface area (Å²) < 4.78 is 10.2. The van der Waals surface area contributed by atoms with E-state index in [9.17, 15) is 4.79 Å². The summed E-state index contributed by atoms with van der Waals surface area (Å²) in [6, 6.07) is 9.05. The van der Waals surface area contributed by atoms with Crippen LogP contribution >= 0.6 is 45.2 Å². The van der Waals surface area contributed by atoms with Crippen LogP contribution in [0.3, 0.4) is 0 Å². The van der Waals surface area contributed by atoms with Gasteiger partial charge in [-0.2, -0.15) is 0 Å². The van der Waals surface area contributed by atoms with Crippen molar-refractivity contribution in [1.82, 2.24) is 0 Å². The second-order valence-electron chi connectivity index (χ2n) is 3.35. The molecule has 3 nitrogen and oxygen atoms in total. The van der Waals surface area contributed by atoms with Crippen LogP contribution in [-0.4, -0.2) is 1.61 Å². The Morgan fingerprint density at radius 3 is 2.69 bits per heavy atom. The van der Waals surface area contributed by atoms with Gasteiger partial charge in [0.15, 0.2) is 0 Å². The molecule has 1 aromatic carbocycles. The maximum Gasteiger partial charge on any atom is 0.379 e. The topological polar surface area (TPSA) is 39.4 Å². The van der Waals surface area contributed by atoms with E-state index in [4.69, 9.17) is 9.15 Å². The molecule has 0 spiro atoms. The Morgan fingerprint density at radius 1 is 1.31 bits per heavy atom. The van der Waals surface area contributed by atoms with E-state index in [2.05, 4.69) is 45.2 Å². The fourth-order valence-corrected chi connectivity index (χ4v) is 1.78. The number of halogens is 2. The van der Waals surface area contributed by atoms with Gasteiger partial charge in [0.1, 0.15) is 5.58 Å². The first-order chi connectivity index (χ1) is 7.46. The van der Waals surface area contributed by atoms with Crippen LogP contribution in [0.2, 0.25) is 0 Å². The van der Waals surface area contributed by atoms with Crippen LogP contribution in [0.25, 0.3) is 11.0 Å². The smallest absolute Gasteiger partial charge is 0.379 e. The number of para-hydroxylation sites is 1. The van der Waals surface area contributed by atoms with Crippen LogP contribution < -0.4 is 10.4 Å². The molecule has 0 atom stereocenters. The molecule has 0 radical (unpaired) electrons. The van der Waals surface area contributed by atoms with Crippen LogP contribution in [-0.2, 0) is 0 Å². The van der Waals surface area contributed by atoms with Gasteiger partial charge in [-0.25, -0.2) is 4.79 Å². The molecule has 2 rings (SSSR count). The van der Waals surface area contributed by atoms with Crippen LogP contribution in [0, 0.1) is 0 Å². The zero-order valence-electron chi connectivity index (χ0n) is 8.37. The number of benzene rings is 1. The van der Waals surface area contributed by atoms with E-state index >= 15 is 0 Å². The van der Waals surface area contributed by atoms with Gasteiger partial charge < -0.3 is 9.15 Å². The van der Waals surface area contributed by atoms with Gasteiger partial charge in [-0.3, -0.25) is 0 Å². The molecule has 0 N–H and O–H groups in total. The molecule has 0 aliphatic rings. The Hall–Kier alpha value is -0.310. The number of fused-ring (bicyclic) bond motifs is 1. The van der Waals surface area contributed by atoms with Crippen LogP contribution in [0.5, 0.6) is 5.75 Å². The number of rotatable bonds is 2. The van der Waals surface area contributed by atoms with Crippen molar-refractivity contribution in [3.63, 3.8) is 0 Å². The van der Waals surface area contributed by atoms with Crippen LogP contribution in [0.15, 0.2) is 39.5 Å². The quantitative estimate of drug-likeness (QED) is 0.405. The minimum absolute atomic E-state index is 0.241. The molecule has 5 heteroatoms. The lowest BCUT2D eigenvalue weighted by Gasteiger charge is -2.16. The van der Waals surface area contributed by atoms with Crippen molar-refractivity contribution in [3.05, 3.63) is 40.8 Å². The van der Waals surface area contributed by atoms with E-state index < -0.39 is 7.24 Å². The Kier molecular flexibility index (Phi) is 3.43. The minimum Gasteiger partial charge on any atom is -0.460 e. The van der Waals surface area contributed by atoms with Crippen molar-refractivity contribution in [2.24, 2.45) is 0 Å². The van der Waals surface area contributed by atoms with Gasteiger partial charge >= 0.3 is 5.63 Å². The van der Waals surface area contributed by atoms with Crippen molar-refractivity contribution in [1.29, 1.82) is 0 Å². The molecule has 0 bridgehead atoms. The van der Waals surface area contributed by atoms with Gasteiger partial charge in [0.2, 0.25) is 7.36 Å². The number of alkyl halides is 2. The third-order valence-corrected chi connectivity index (χ3v) is 2.34. The summed E-state index contributed by atoms with van der Waals surface area (Å²) in [5, 5.41) is 0.856. The van der Waals surface area contributed by atoms with Crippen LogP contribution in [0.1, 0.15) is 6.92 Å². The zero-order valence-corrected chi connectivity index (χ0v) is 12.7. The van der Waals surface area contributed by atoms with E-state index in [0.29, 0.717) is 5.58 Å². The fraction of sp³-hybridized carbons (Fsp3) is 0.182. The first kappa shape index (κ1) is 12.2. The van der Waals surface area contributed by atoms with Gasteiger partial charge in [-0.15, -0.1) is 0 Å². The summed E-state index contributed by atoms with van der Waals surface area (Å²) in [6.07, 6.45) is 0. The largest absolute Gasteiger partial charge is 0.460 e. The average molecular weight is 442 g/mol. The highest BCUT2D eigenvalue weighted by atomic mass is 127. The fourth-order valence-electron chi connectivity index (χ4n) is 1.31. The second kappa shape index (κ2) is 4.52. The molecule has 0 saturated carbocycles. The van der Waals surface area contributed by atoms with Gasteiger partial charge in [-0.1, -0.05) is 18.2 Å². The van der Waals surface area contributed by atoms with Crippen molar-refractivity contribution in [2.45, 2.75) is 8.54 Å². The lowest BCUT2D eigenvalue weighted by Crippen LogP contribution is -2.18. The SMILES string of the molecule is CC(I)(I)Oc1cc2ccccc2oc1=O. The third-order valence-electron chi connectivity index (χ3n) is 1.90. The number of hydrogen-bond acceptors (Lipinski definition) is 3. The Bertz CT molecular complexity index is 569. The first-order valence-corrected chi connectivity index (χ1v) is 6.71. The van der Waals surface area contributed by atoms with Crippen molar-refractivity contribution in [2.75, 3.05) is 0 Å². The third kappa shape index (κ3) is 2.88. The molecule has 0 aliphatic heterocycles. The van der Waals surface area contributed by atoms with Gasteiger partial charge in [0.25, 0.3) is 0 Å². The number of hydrogen-bond donors (Lipinski definition) is 0. The highest BCUT2D eigenvalue weighted by molar-refractivity contribution is 14.2. The van der Waals surface area contributed by atoms with Gasteiger partial charge in [-0.05, 0) is 64.2 Å². The molecular weight excluding hydrogens is 434 g/mol. The summed E-state index contributed by atoms with van der Waals surface area (Å²) >= 11 is 4.21. The van der Waals surface area contributed by atoms with Crippen LogP contribution in [0.4, 0.5) is 0 Å². The lowest BCUT2D eigenvalue weighted by molar-refractivity contribution is 0.293. The summed E-state index contributed by atoms with van der Waals surface area (Å²) in [4.78, 5) is 11.6. The van der Waals surface area contributed by atoms with Crippen molar-refractivity contribution >= 4 is 56.2 Å². The molecule has 0 aliphatic carbocycles.